The monoisotopic (exact) mass is 146 g/mol. The Morgan fingerprint density at radius 1 is 1.60 bits per heavy atom. The van der Waals surface area contributed by atoms with Gasteiger partial charge in [0.05, 0.1) is 0 Å². The van der Waals surface area contributed by atoms with E-state index in [0.717, 1.165) is 4.83 Å². The molecule has 1 aliphatic rings. The maximum absolute atomic E-state index is 3.38. The average Bonchev–Trinajstić information content (AvgIpc) is 1.75. The summed E-state index contributed by atoms with van der Waals surface area (Å²) in [6.45, 7) is 0. The Kier molecular flexibility index (Phi) is 3.03. The van der Waals surface area contributed by atoms with Crippen molar-refractivity contribution in [3.63, 3.8) is 0 Å². The Labute approximate surface area is 59.6 Å². The fraction of sp³-hybridized carbons (Fsp3) is 1.00. The summed E-state index contributed by atoms with van der Waals surface area (Å²) in [5, 5.41) is 0. The predicted octanol–water partition coefficient (Wildman–Crippen LogP) is 1.39. The summed E-state index contributed by atoms with van der Waals surface area (Å²) in [5.41, 5.74) is 0. The normalized spacial score (nSPS) is 21.0. The Morgan fingerprint density at radius 2 is 1.80 bits per heavy atom. The first kappa shape index (κ1) is 6.25. The third kappa shape index (κ3) is 3.07. The van der Waals surface area contributed by atoms with Crippen LogP contribution in [0.2, 0.25) is 0 Å². The molecule has 1 fully saturated rings. The van der Waals surface area contributed by atoms with Gasteiger partial charge in [-0.2, -0.15) is 0 Å². The molecule has 0 heterocycles. The molecule has 0 bridgehead atoms. The van der Waals surface area contributed by atoms with E-state index in [2.05, 4.69) is 15.9 Å². The van der Waals surface area contributed by atoms with Gasteiger partial charge in [-0.25, -0.2) is 0 Å². The standard InChI is InChI=1S/C3H5Br.Mg.2H/c4-3-1-2-3;;;/h3H,1-2H2;;;/q;+2;2*-1. The van der Waals surface area contributed by atoms with Crippen molar-refractivity contribution in [2.75, 3.05) is 0 Å². The van der Waals surface area contributed by atoms with Crippen LogP contribution in [0.3, 0.4) is 0 Å². The summed E-state index contributed by atoms with van der Waals surface area (Å²) in [5.74, 6) is 0. The molecule has 0 spiro atoms. The molecule has 0 saturated heterocycles. The van der Waals surface area contributed by atoms with Crippen molar-refractivity contribution in [3.8, 4) is 0 Å². The van der Waals surface area contributed by atoms with E-state index in [9.17, 15) is 0 Å². The van der Waals surface area contributed by atoms with Gasteiger partial charge in [0.15, 0.2) is 0 Å². The van der Waals surface area contributed by atoms with E-state index in [4.69, 9.17) is 0 Å². The zero-order valence-electron chi connectivity index (χ0n) is 5.08. The van der Waals surface area contributed by atoms with E-state index in [-0.39, 0.29) is 25.9 Å². The largest absolute Gasteiger partial charge is 2.00 e. The van der Waals surface area contributed by atoms with Crippen molar-refractivity contribution in [1.29, 1.82) is 0 Å². The van der Waals surface area contributed by atoms with Gasteiger partial charge < -0.3 is 2.85 Å². The van der Waals surface area contributed by atoms with Crippen LogP contribution in [0.25, 0.3) is 0 Å². The van der Waals surface area contributed by atoms with Gasteiger partial charge in [-0.1, -0.05) is 15.9 Å². The Balaban J connectivity index is -0.0000000533. The average molecular weight is 147 g/mol. The minimum Gasteiger partial charge on any atom is -1.00 e. The molecule has 0 aromatic heterocycles. The van der Waals surface area contributed by atoms with Crippen molar-refractivity contribution in [3.05, 3.63) is 0 Å². The molecule has 0 aliphatic heterocycles. The first-order valence-electron chi connectivity index (χ1n) is 1.53. The van der Waals surface area contributed by atoms with Gasteiger partial charge in [0.2, 0.25) is 0 Å². The fourth-order valence-corrected chi connectivity index (χ4v) is 0.327. The maximum atomic E-state index is 3.38. The molecule has 0 nitrogen and oxygen atoms in total. The summed E-state index contributed by atoms with van der Waals surface area (Å²) in [6, 6.07) is 0. The number of alkyl halides is 1. The van der Waals surface area contributed by atoms with Gasteiger partial charge in [0, 0.05) is 4.83 Å². The van der Waals surface area contributed by atoms with Gasteiger partial charge in [-0.05, 0) is 12.8 Å². The third-order valence-corrected chi connectivity index (χ3v) is 1.42. The van der Waals surface area contributed by atoms with E-state index in [1.807, 2.05) is 0 Å². The SMILES string of the molecule is BrC1CC1.[H-].[H-].[Mg+2]. The van der Waals surface area contributed by atoms with E-state index in [1.54, 1.807) is 0 Å². The van der Waals surface area contributed by atoms with Crippen molar-refractivity contribution < 1.29 is 2.85 Å². The minimum atomic E-state index is 0. The van der Waals surface area contributed by atoms with Crippen LogP contribution in [0.1, 0.15) is 15.7 Å². The van der Waals surface area contributed by atoms with Crippen LogP contribution in [0, 0.1) is 0 Å². The quantitative estimate of drug-likeness (QED) is 0.359. The molecule has 0 radical (unpaired) electrons. The molecule has 0 amide bonds. The van der Waals surface area contributed by atoms with Crippen molar-refractivity contribution >= 4 is 39.0 Å². The first-order chi connectivity index (χ1) is 1.89. The van der Waals surface area contributed by atoms with Crippen molar-refractivity contribution in [1.82, 2.24) is 0 Å². The first-order valence-corrected chi connectivity index (χ1v) is 2.45. The number of hydrogen-bond donors (Lipinski definition) is 0. The van der Waals surface area contributed by atoms with Gasteiger partial charge in [0.1, 0.15) is 0 Å². The van der Waals surface area contributed by atoms with Crippen LogP contribution in [0.4, 0.5) is 0 Å². The summed E-state index contributed by atoms with van der Waals surface area (Å²) >= 11 is 3.38. The van der Waals surface area contributed by atoms with Crippen LogP contribution >= 0.6 is 15.9 Å². The van der Waals surface area contributed by atoms with Gasteiger partial charge in [0.25, 0.3) is 0 Å². The Morgan fingerprint density at radius 3 is 1.80 bits per heavy atom. The summed E-state index contributed by atoms with van der Waals surface area (Å²) in [6.07, 6.45) is 2.81. The van der Waals surface area contributed by atoms with Crippen LogP contribution in [0.15, 0.2) is 0 Å². The van der Waals surface area contributed by atoms with Crippen LogP contribution in [0.5, 0.6) is 0 Å². The molecule has 0 unspecified atom stereocenters. The second-order valence-corrected chi connectivity index (χ2v) is 2.47. The molecule has 0 N–H and O–H groups in total. The van der Waals surface area contributed by atoms with Gasteiger partial charge in [-0.3, -0.25) is 0 Å². The van der Waals surface area contributed by atoms with Crippen LogP contribution in [-0.4, -0.2) is 27.9 Å². The summed E-state index contributed by atoms with van der Waals surface area (Å²) in [4.78, 5) is 0.896. The third-order valence-electron chi connectivity index (χ3n) is 0.507. The zero-order valence-corrected chi connectivity index (χ0v) is 6.08. The molecule has 1 saturated carbocycles. The molecule has 0 aromatic rings. The minimum absolute atomic E-state index is 0. The smallest absolute Gasteiger partial charge is 1.00 e. The maximum Gasteiger partial charge on any atom is 2.00 e. The van der Waals surface area contributed by atoms with Gasteiger partial charge in [-0.15, -0.1) is 0 Å². The topological polar surface area (TPSA) is 0 Å². The zero-order chi connectivity index (χ0) is 2.99. The van der Waals surface area contributed by atoms with Crippen molar-refractivity contribution in [2.45, 2.75) is 17.7 Å². The fourth-order valence-electron chi connectivity index (χ4n) is 0.0630. The second kappa shape index (κ2) is 2.42. The van der Waals surface area contributed by atoms with E-state index < -0.39 is 0 Å². The molecule has 0 atom stereocenters. The predicted molar refractivity (Wildman–Crippen MR) is 29.9 cm³/mol. The Bertz CT molecular complexity index is 32.1. The summed E-state index contributed by atoms with van der Waals surface area (Å²) < 4.78 is 0. The number of halogens is 1. The van der Waals surface area contributed by atoms with E-state index in [0.29, 0.717) is 0 Å². The second-order valence-electron chi connectivity index (χ2n) is 1.17. The molecule has 0 aromatic carbocycles. The molecule has 5 heavy (non-hydrogen) atoms. The number of hydrogen-bond acceptors (Lipinski definition) is 0. The molecule has 1 rings (SSSR count). The van der Waals surface area contributed by atoms with E-state index in [1.165, 1.54) is 12.8 Å². The molecule has 28 valence electrons. The van der Waals surface area contributed by atoms with Crippen LogP contribution < -0.4 is 0 Å². The van der Waals surface area contributed by atoms with E-state index >= 15 is 0 Å². The molecular weight excluding hydrogens is 140 g/mol. The summed E-state index contributed by atoms with van der Waals surface area (Å²) in [7, 11) is 0. The number of rotatable bonds is 0. The molecule has 2 heteroatoms. The molecular formula is C3H7BrMg. The Hall–Kier alpha value is 1.25. The molecule has 1 aliphatic carbocycles. The van der Waals surface area contributed by atoms with Gasteiger partial charge >= 0.3 is 23.1 Å². The van der Waals surface area contributed by atoms with Crippen molar-refractivity contribution in [2.24, 2.45) is 0 Å². The van der Waals surface area contributed by atoms with Crippen LogP contribution in [-0.2, 0) is 0 Å².